The molecular formula is C19H15NO2. The van der Waals surface area contributed by atoms with E-state index in [1.54, 1.807) is 11.7 Å². The lowest BCUT2D eigenvalue weighted by molar-refractivity contribution is 0.414. The van der Waals surface area contributed by atoms with Crippen LogP contribution >= 0.6 is 0 Å². The zero-order valence-corrected chi connectivity index (χ0v) is 12.2. The van der Waals surface area contributed by atoms with Gasteiger partial charge in [0.05, 0.1) is 19.3 Å². The number of nitrogens with zero attached hydrogens (tertiary/aromatic N) is 1. The molecule has 0 fully saturated rings. The normalized spacial score (nSPS) is 10.4. The first-order chi connectivity index (χ1) is 10.7. The zero-order chi connectivity index (χ0) is 15.5. The van der Waals surface area contributed by atoms with Gasteiger partial charge in [0.15, 0.2) is 0 Å². The van der Waals surface area contributed by atoms with Crippen molar-refractivity contribution in [3.8, 4) is 18.1 Å². The van der Waals surface area contributed by atoms with Crippen molar-refractivity contribution in [2.75, 3.05) is 7.11 Å². The van der Waals surface area contributed by atoms with Gasteiger partial charge in [-0.2, -0.15) is 0 Å². The van der Waals surface area contributed by atoms with Crippen molar-refractivity contribution >= 4 is 10.8 Å². The predicted octanol–water partition coefficient (Wildman–Crippen LogP) is 3.04. The predicted molar refractivity (Wildman–Crippen MR) is 88.2 cm³/mol. The molecule has 0 unspecified atom stereocenters. The molecule has 108 valence electrons. The standard InChI is InChI=1S/C19H15NO2/c1-3-16-12-15-6-4-5-7-18(15)19(21)20(16)13-14-8-10-17(22-2)11-9-14/h1,4-12H,13H2,2H3. The Bertz CT molecular complexity index is 915. The Kier molecular flexibility index (Phi) is 3.67. The molecule has 3 rings (SSSR count). The van der Waals surface area contributed by atoms with Gasteiger partial charge in [0, 0.05) is 5.39 Å². The van der Waals surface area contributed by atoms with Crippen molar-refractivity contribution in [3.05, 3.63) is 76.2 Å². The Morgan fingerprint density at radius 2 is 1.86 bits per heavy atom. The van der Waals surface area contributed by atoms with Crippen LogP contribution in [0.25, 0.3) is 10.8 Å². The summed E-state index contributed by atoms with van der Waals surface area (Å²) in [5, 5.41) is 1.54. The molecule has 0 bridgehead atoms. The fourth-order valence-electron chi connectivity index (χ4n) is 2.49. The average molecular weight is 289 g/mol. The lowest BCUT2D eigenvalue weighted by Gasteiger charge is -2.11. The molecular weight excluding hydrogens is 274 g/mol. The SMILES string of the molecule is C#Cc1cc2ccccc2c(=O)n1Cc1ccc(OC)cc1. The van der Waals surface area contributed by atoms with E-state index in [9.17, 15) is 4.79 Å². The quantitative estimate of drug-likeness (QED) is 0.694. The molecule has 0 saturated heterocycles. The van der Waals surface area contributed by atoms with Crippen molar-refractivity contribution in [1.82, 2.24) is 4.57 Å². The van der Waals surface area contributed by atoms with Crippen molar-refractivity contribution in [3.63, 3.8) is 0 Å². The van der Waals surface area contributed by atoms with Crippen LogP contribution in [0.2, 0.25) is 0 Å². The molecule has 0 N–H and O–H groups in total. The third-order valence-corrected chi connectivity index (χ3v) is 3.67. The van der Waals surface area contributed by atoms with Gasteiger partial charge in [-0.3, -0.25) is 9.36 Å². The van der Waals surface area contributed by atoms with E-state index < -0.39 is 0 Å². The molecule has 0 spiro atoms. The molecule has 1 aromatic heterocycles. The Hall–Kier alpha value is -2.99. The highest BCUT2D eigenvalue weighted by molar-refractivity contribution is 5.82. The van der Waals surface area contributed by atoms with Gasteiger partial charge in [0.1, 0.15) is 5.75 Å². The van der Waals surface area contributed by atoms with Gasteiger partial charge >= 0.3 is 0 Å². The molecule has 2 aromatic carbocycles. The third-order valence-electron chi connectivity index (χ3n) is 3.67. The number of pyridine rings is 1. The summed E-state index contributed by atoms with van der Waals surface area (Å²) in [5.41, 5.74) is 1.51. The second kappa shape index (κ2) is 5.79. The van der Waals surface area contributed by atoms with E-state index in [0.29, 0.717) is 17.6 Å². The van der Waals surface area contributed by atoms with Crippen LogP contribution < -0.4 is 10.3 Å². The molecule has 0 radical (unpaired) electrons. The fraction of sp³-hybridized carbons (Fsp3) is 0.105. The van der Waals surface area contributed by atoms with Gasteiger partial charge in [-0.25, -0.2) is 0 Å². The third kappa shape index (κ3) is 2.47. The van der Waals surface area contributed by atoms with Crippen molar-refractivity contribution < 1.29 is 4.74 Å². The first kappa shape index (κ1) is 14.0. The topological polar surface area (TPSA) is 31.2 Å². The molecule has 22 heavy (non-hydrogen) atoms. The number of benzene rings is 2. The number of hydrogen-bond donors (Lipinski definition) is 0. The summed E-state index contributed by atoms with van der Waals surface area (Å²) in [5.74, 6) is 3.39. The van der Waals surface area contributed by atoms with E-state index >= 15 is 0 Å². The molecule has 0 saturated carbocycles. The lowest BCUT2D eigenvalue weighted by Crippen LogP contribution is -2.23. The second-order valence-electron chi connectivity index (χ2n) is 5.00. The highest BCUT2D eigenvalue weighted by Crippen LogP contribution is 2.15. The van der Waals surface area contributed by atoms with E-state index in [1.807, 2.05) is 54.6 Å². The summed E-state index contributed by atoms with van der Waals surface area (Å²) in [6.45, 7) is 0.438. The van der Waals surface area contributed by atoms with Crippen molar-refractivity contribution in [1.29, 1.82) is 0 Å². The minimum absolute atomic E-state index is 0.0677. The molecule has 0 aliphatic rings. The Morgan fingerprint density at radius 1 is 1.14 bits per heavy atom. The van der Waals surface area contributed by atoms with Crippen LogP contribution in [0.5, 0.6) is 5.75 Å². The highest BCUT2D eigenvalue weighted by Gasteiger charge is 2.08. The summed E-state index contributed by atoms with van der Waals surface area (Å²) in [6.07, 6.45) is 5.58. The van der Waals surface area contributed by atoms with Crippen LogP contribution in [0, 0.1) is 12.3 Å². The number of hydrogen-bond acceptors (Lipinski definition) is 2. The van der Waals surface area contributed by atoms with Gasteiger partial charge < -0.3 is 4.74 Å². The molecule has 0 amide bonds. The molecule has 0 atom stereocenters. The highest BCUT2D eigenvalue weighted by atomic mass is 16.5. The number of aromatic nitrogens is 1. The maximum absolute atomic E-state index is 12.7. The van der Waals surface area contributed by atoms with E-state index in [-0.39, 0.29) is 5.56 Å². The van der Waals surface area contributed by atoms with E-state index in [2.05, 4.69) is 5.92 Å². The van der Waals surface area contributed by atoms with Crippen LogP contribution in [-0.4, -0.2) is 11.7 Å². The van der Waals surface area contributed by atoms with E-state index in [4.69, 9.17) is 11.2 Å². The first-order valence-corrected chi connectivity index (χ1v) is 6.95. The summed E-state index contributed by atoms with van der Waals surface area (Å²) in [7, 11) is 1.62. The number of fused-ring (bicyclic) bond motifs is 1. The smallest absolute Gasteiger partial charge is 0.259 e. The van der Waals surface area contributed by atoms with Crippen LogP contribution in [0.1, 0.15) is 11.3 Å². The summed E-state index contributed by atoms with van der Waals surface area (Å²) < 4.78 is 6.77. The van der Waals surface area contributed by atoms with Gasteiger partial charge in [0.2, 0.25) is 0 Å². The van der Waals surface area contributed by atoms with Gasteiger partial charge in [-0.1, -0.05) is 36.3 Å². The molecule has 3 heteroatoms. The van der Waals surface area contributed by atoms with Crippen LogP contribution in [-0.2, 0) is 6.54 Å². The number of ether oxygens (including phenoxy) is 1. The molecule has 1 heterocycles. The monoisotopic (exact) mass is 289 g/mol. The van der Waals surface area contributed by atoms with Crippen molar-refractivity contribution in [2.24, 2.45) is 0 Å². The Labute approximate surface area is 128 Å². The lowest BCUT2D eigenvalue weighted by atomic mass is 10.1. The molecule has 0 aliphatic heterocycles. The van der Waals surface area contributed by atoms with Crippen molar-refractivity contribution in [2.45, 2.75) is 6.54 Å². The molecule has 3 nitrogen and oxygen atoms in total. The van der Waals surface area contributed by atoms with Crippen LogP contribution in [0.15, 0.2) is 59.4 Å². The largest absolute Gasteiger partial charge is 0.497 e. The fourth-order valence-corrected chi connectivity index (χ4v) is 2.49. The minimum Gasteiger partial charge on any atom is -0.497 e. The number of terminal acetylenes is 1. The molecule has 3 aromatic rings. The van der Waals surface area contributed by atoms with Crippen LogP contribution in [0.4, 0.5) is 0 Å². The maximum Gasteiger partial charge on any atom is 0.259 e. The van der Waals surface area contributed by atoms with Gasteiger partial charge in [-0.05, 0) is 35.2 Å². The summed E-state index contributed by atoms with van der Waals surface area (Å²) in [4.78, 5) is 12.7. The average Bonchev–Trinajstić information content (AvgIpc) is 2.58. The first-order valence-electron chi connectivity index (χ1n) is 6.95. The Morgan fingerprint density at radius 3 is 2.55 bits per heavy atom. The van der Waals surface area contributed by atoms with E-state index in [0.717, 1.165) is 16.7 Å². The maximum atomic E-state index is 12.7. The van der Waals surface area contributed by atoms with Gasteiger partial charge in [-0.15, -0.1) is 6.42 Å². The zero-order valence-electron chi connectivity index (χ0n) is 12.2. The van der Waals surface area contributed by atoms with Gasteiger partial charge in [0.25, 0.3) is 5.56 Å². The summed E-state index contributed by atoms with van der Waals surface area (Å²) in [6, 6.07) is 17.0. The van der Waals surface area contributed by atoms with Crippen LogP contribution in [0.3, 0.4) is 0 Å². The molecule has 0 aliphatic carbocycles. The summed E-state index contributed by atoms with van der Waals surface area (Å²) >= 11 is 0. The minimum atomic E-state index is -0.0677. The Balaban J connectivity index is 2.11. The number of rotatable bonds is 3. The van der Waals surface area contributed by atoms with E-state index in [1.165, 1.54) is 0 Å². The number of methoxy groups -OCH3 is 1. The second-order valence-corrected chi connectivity index (χ2v) is 5.00.